The van der Waals surface area contributed by atoms with Gasteiger partial charge in [-0.3, -0.25) is 0 Å². The van der Waals surface area contributed by atoms with E-state index in [-0.39, 0.29) is 12.2 Å². The molecule has 0 radical (unpaired) electrons. The van der Waals surface area contributed by atoms with Gasteiger partial charge in [-0.25, -0.2) is 4.79 Å². The van der Waals surface area contributed by atoms with Gasteiger partial charge in [0.25, 0.3) is 0 Å². The number of aliphatic hydroxyl groups excluding tert-OH is 1. The Morgan fingerprint density at radius 3 is 2.71 bits per heavy atom. The number of amides is 1. The van der Waals surface area contributed by atoms with Crippen LogP contribution in [0.25, 0.3) is 0 Å². The van der Waals surface area contributed by atoms with Gasteiger partial charge in [0.15, 0.2) is 0 Å². The van der Waals surface area contributed by atoms with E-state index < -0.39 is 6.09 Å². The van der Waals surface area contributed by atoms with Crippen molar-refractivity contribution in [2.24, 2.45) is 0 Å². The molecule has 1 amide bonds. The van der Waals surface area contributed by atoms with Gasteiger partial charge >= 0.3 is 6.09 Å². The van der Waals surface area contributed by atoms with Crippen molar-refractivity contribution in [1.29, 1.82) is 0 Å². The molecule has 1 rings (SSSR count). The Hall–Kier alpha value is -0.810. The van der Waals surface area contributed by atoms with Gasteiger partial charge in [0, 0.05) is 20.2 Å². The van der Waals surface area contributed by atoms with Crippen LogP contribution in [0.5, 0.6) is 0 Å². The molecule has 14 heavy (non-hydrogen) atoms. The Bertz CT molecular complexity index is 191. The van der Waals surface area contributed by atoms with Crippen molar-refractivity contribution in [2.75, 3.05) is 20.2 Å². The summed E-state index contributed by atoms with van der Waals surface area (Å²) in [5, 5.41) is 17.5. The zero-order valence-corrected chi connectivity index (χ0v) is 8.35. The smallest absolute Gasteiger partial charge is 0.407 e. The summed E-state index contributed by atoms with van der Waals surface area (Å²) in [5.41, 5.74) is 0. The van der Waals surface area contributed by atoms with Crippen molar-refractivity contribution in [2.45, 2.75) is 31.5 Å². The lowest BCUT2D eigenvalue weighted by Gasteiger charge is -2.31. The van der Waals surface area contributed by atoms with Crippen LogP contribution in [0.1, 0.15) is 19.3 Å². The number of ether oxygens (including phenoxy) is 1. The molecule has 1 fully saturated rings. The molecule has 1 saturated carbocycles. The fourth-order valence-electron chi connectivity index (χ4n) is 1.32. The zero-order chi connectivity index (χ0) is 10.6. The summed E-state index contributed by atoms with van der Waals surface area (Å²) in [6.45, 7) is 1.06. The second kappa shape index (κ2) is 5.17. The van der Waals surface area contributed by atoms with Gasteiger partial charge in [-0.05, 0) is 19.3 Å². The van der Waals surface area contributed by atoms with Gasteiger partial charge in [0.05, 0.1) is 12.2 Å². The second-order valence-corrected chi connectivity index (χ2v) is 3.68. The van der Waals surface area contributed by atoms with E-state index in [4.69, 9.17) is 14.9 Å². The highest BCUT2D eigenvalue weighted by Crippen LogP contribution is 2.22. The fourth-order valence-corrected chi connectivity index (χ4v) is 1.32. The molecule has 0 aliphatic heterocycles. The minimum atomic E-state index is -0.913. The van der Waals surface area contributed by atoms with E-state index in [0.717, 1.165) is 12.8 Å². The molecular weight excluding hydrogens is 186 g/mol. The molecule has 0 unspecified atom stereocenters. The van der Waals surface area contributed by atoms with E-state index >= 15 is 0 Å². The van der Waals surface area contributed by atoms with E-state index in [9.17, 15) is 4.79 Å². The van der Waals surface area contributed by atoms with E-state index in [0.29, 0.717) is 19.6 Å². The topological polar surface area (TPSA) is 70.0 Å². The number of hydrogen-bond acceptors (Lipinski definition) is 3. The highest BCUT2D eigenvalue weighted by atomic mass is 16.5. The first-order valence-electron chi connectivity index (χ1n) is 4.83. The maximum absolute atomic E-state index is 10.4. The van der Waals surface area contributed by atoms with E-state index in [2.05, 4.69) is 0 Å². The van der Waals surface area contributed by atoms with Crippen LogP contribution in [0.15, 0.2) is 0 Å². The van der Waals surface area contributed by atoms with Crippen LogP contribution in [0, 0.1) is 0 Å². The Morgan fingerprint density at radius 2 is 2.21 bits per heavy atom. The summed E-state index contributed by atoms with van der Waals surface area (Å²) >= 11 is 0. The van der Waals surface area contributed by atoms with Crippen LogP contribution in [0.4, 0.5) is 4.79 Å². The van der Waals surface area contributed by atoms with Gasteiger partial charge in [0.2, 0.25) is 0 Å². The standard InChI is InChI=1S/C9H17NO4/c1-10(9(12)13)3-2-4-14-8-5-7(11)6-8/h7-8,11H,2-6H2,1H3,(H,12,13). The molecule has 82 valence electrons. The van der Waals surface area contributed by atoms with E-state index in [1.54, 1.807) is 0 Å². The van der Waals surface area contributed by atoms with Gasteiger partial charge in [0.1, 0.15) is 0 Å². The molecule has 1 aliphatic rings. The van der Waals surface area contributed by atoms with Crippen molar-refractivity contribution < 1.29 is 19.7 Å². The number of aliphatic hydroxyl groups is 1. The van der Waals surface area contributed by atoms with E-state index in [1.807, 2.05) is 0 Å². The first-order valence-corrected chi connectivity index (χ1v) is 4.83. The molecule has 0 bridgehead atoms. The molecule has 2 N–H and O–H groups in total. The molecule has 1 aliphatic carbocycles. The van der Waals surface area contributed by atoms with Gasteiger partial charge in [-0.1, -0.05) is 0 Å². The SMILES string of the molecule is CN(CCCOC1CC(O)C1)C(=O)O. The van der Waals surface area contributed by atoms with Crippen molar-refractivity contribution in [1.82, 2.24) is 4.90 Å². The highest BCUT2D eigenvalue weighted by molar-refractivity contribution is 5.64. The van der Waals surface area contributed by atoms with Crippen LogP contribution >= 0.6 is 0 Å². The average molecular weight is 203 g/mol. The molecule has 0 spiro atoms. The lowest BCUT2D eigenvalue weighted by molar-refractivity contribution is -0.0716. The van der Waals surface area contributed by atoms with Gasteiger partial charge in [-0.15, -0.1) is 0 Å². The van der Waals surface area contributed by atoms with Crippen LogP contribution < -0.4 is 0 Å². The van der Waals surface area contributed by atoms with Crippen molar-refractivity contribution in [3.63, 3.8) is 0 Å². The number of hydrogen-bond donors (Lipinski definition) is 2. The zero-order valence-electron chi connectivity index (χ0n) is 8.35. The van der Waals surface area contributed by atoms with Crippen LogP contribution in [0.2, 0.25) is 0 Å². The lowest BCUT2D eigenvalue weighted by Crippen LogP contribution is -2.36. The number of carboxylic acid groups (broad SMARTS) is 1. The first-order chi connectivity index (χ1) is 6.59. The summed E-state index contributed by atoms with van der Waals surface area (Å²) in [4.78, 5) is 11.6. The summed E-state index contributed by atoms with van der Waals surface area (Å²) < 4.78 is 5.40. The Kier molecular flexibility index (Phi) is 4.16. The second-order valence-electron chi connectivity index (χ2n) is 3.68. The molecule has 0 aromatic carbocycles. The Labute approximate surface area is 83.3 Å². The first kappa shape index (κ1) is 11.3. The van der Waals surface area contributed by atoms with Gasteiger partial charge in [-0.2, -0.15) is 0 Å². The minimum Gasteiger partial charge on any atom is -0.465 e. The van der Waals surface area contributed by atoms with Crippen LogP contribution in [-0.4, -0.2) is 53.6 Å². The molecule has 0 aromatic heterocycles. The van der Waals surface area contributed by atoms with Crippen molar-refractivity contribution >= 4 is 6.09 Å². The third-order valence-corrected chi connectivity index (χ3v) is 2.39. The minimum absolute atomic E-state index is 0.181. The fraction of sp³-hybridized carbons (Fsp3) is 0.889. The summed E-state index contributed by atoms with van der Waals surface area (Å²) in [7, 11) is 1.54. The molecule has 5 nitrogen and oxygen atoms in total. The molecule has 0 heterocycles. The summed E-state index contributed by atoms with van der Waals surface area (Å²) in [6.07, 6.45) is 1.21. The number of nitrogens with zero attached hydrogens (tertiary/aromatic N) is 1. The third kappa shape index (κ3) is 3.51. The molecule has 0 saturated heterocycles. The normalized spacial score (nSPS) is 25.6. The van der Waals surface area contributed by atoms with Crippen LogP contribution in [-0.2, 0) is 4.74 Å². The Balaban J connectivity index is 1.92. The maximum atomic E-state index is 10.4. The molecule has 0 aromatic rings. The van der Waals surface area contributed by atoms with E-state index in [1.165, 1.54) is 11.9 Å². The summed E-state index contributed by atoms with van der Waals surface area (Å²) in [6, 6.07) is 0. The quantitative estimate of drug-likeness (QED) is 0.639. The largest absolute Gasteiger partial charge is 0.465 e. The number of carbonyl (C=O) groups is 1. The van der Waals surface area contributed by atoms with Crippen molar-refractivity contribution in [3.8, 4) is 0 Å². The average Bonchev–Trinajstić information content (AvgIpc) is 2.08. The van der Waals surface area contributed by atoms with Crippen LogP contribution in [0.3, 0.4) is 0 Å². The monoisotopic (exact) mass is 203 g/mol. The predicted octanol–water partition coefficient (Wildman–Crippen LogP) is 0.526. The third-order valence-electron chi connectivity index (χ3n) is 2.39. The highest BCUT2D eigenvalue weighted by Gasteiger charge is 2.27. The molecule has 5 heteroatoms. The molecule has 0 atom stereocenters. The predicted molar refractivity (Wildman–Crippen MR) is 50.3 cm³/mol. The maximum Gasteiger partial charge on any atom is 0.407 e. The lowest BCUT2D eigenvalue weighted by atomic mass is 9.92. The summed E-state index contributed by atoms with van der Waals surface area (Å²) in [5.74, 6) is 0. The molecular formula is C9H17NO4. The number of rotatable bonds is 5. The van der Waals surface area contributed by atoms with Gasteiger partial charge < -0.3 is 19.8 Å². The Morgan fingerprint density at radius 1 is 1.57 bits per heavy atom. The van der Waals surface area contributed by atoms with Crippen molar-refractivity contribution in [3.05, 3.63) is 0 Å².